The minimum Gasteiger partial charge on any atom is -0.370 e. The molecule has 0 aromatic heterocycles. The van der Waals surface area contributed by atoms with Gasteiger partial charge in [-0.05, 0) is 30.6 Å². The molecule has 1 aromatic carbocycles. The van der Waals surface area contributed by atoms with Crippen molar-refractivity contribution in [3.8, 4) is 0 Å². The summed E-state index contributed by atoms with van der Waals surface area (Å²) in [4.78, 5) is 6.91. The van der Waals surface area contributed by atoms with Crippen molar-refractivity contribution in [3.63, 3.8) is 0 Å². The highest BCUT2D eigenvalue weighted by molar-refractivity contribution is 5.77. The van der Waals surface area contributed by atoms with Crippen LogP contribution in [-0.4, -0.2) is 30.5 Å². The highest BCUT2D eigenvalue weighted by Crippen LogP contribution is 2.13. The van der Waals surface area contributed by atoms with Crippen LogP contribution in [0.2, 0.25) is 0 Å². The van der Waals surface area contributed by atoms with Crippen molar-refractivity contribution in [1.82, 2.24) is 10.2 Å². The molecular formula is C19H34N4. The molecule has 0 aliphatic heterocycles. The molecule has 1 aromatic rings. The number of nitrogens with two attached hydrogens (primary N) is 1. The van der Waals surface area contributed by atoms with Gasteiger partial charge >= 0.3 is 0 Å². The van der Waals surface area contributed by atoms with Crippen LogP contribution in [0.3, 0.4) is 0 Å². The quantitative estimate of drug-likeness (QED) is 0.373. The number of hydrogen-bond acceptors (Lipinski definition) is 2. The van der Waals surface area contributed by atoms with Gasteiger partial charge in [-0.1, -0.05) is 64.3 Å². The smallest absolute Gasteiger partial charge is 0.188 e. The van der Waals surface area contributed by atoms with Crippen LogP contribution in [0, 0.1) is 0 Å². The third-order valence-electron chi connectivity index (χ3n) is 4.16. The first-order valence-corrected chi connectivity index (χ1v) is 9.04. The zero-order chi connectivity index (χ0) is 16.9. The Balaban J connectivity index is 2.51. The standard InChI is InChI=1S/C19H34N4/c1-4-7-8-11-14-21-19(20)22-15-17-12-9-10-13-18(17)16-23(5-2)6-3/h9-10,12-13H,4-8,11,14-16H2,1-3H3,(H3,20,21,22). The Morgan fingerprint density at radius 2 is 1.74 bits per heavy atom. The zero-order valence-corrected chi connectivity index (χ0v) is 15.1. The highest BCUT2D eigenvalue weighted by Gasteiger charge is 2.05. The summed E-state index contributed by atoms with van der Waals surface area (Å²) in [5, 5.41) is 3.21. The topological polar surface area (TPSA) is 53.6 Å². The van der Waals surface area contributed by atoms with Crippen LogP contribution in [0.1, 0.15) is 57.6 Å². The summed E-state index contributed by atoms with van der Waals surface area (Å²) in [6, 6.07) is 8.51. The van der Waals surface area contributed by atoms with Gasteiger partial charge in [0.25, 0.3) is 0 Å². The van der Waals surface area contributed by atoms with E-state index < -0.39 is 0 Å². The fourth-order valence-electron chi connectivity index (χ4n) is 2.55. The molecule has 0 radical (unpaired) electrons. The summed E-state index contributed by atoms with van der Waals surface area (Å²) >= 11 is 0. The van der Waals surface area contributed by atoms with Crippen molar-refractivity contribution in [2.24, 2.45) is 10.7 Å². The minimum atomic E-state index is 0.555. The second-order valence-electron chi connectivity index (χ2n) is 5.92. The number of rotatable bonds is 11. The largest absolute Gasteiger partial charge is 0.370 e. The first-order chi connectivity index (χ1) is 11.2. The molecule has 0 atom stereocenters. The summed E-state index contributed by atoms with van der Waals surface area (Å²) in [6.07, 6.45) is 4.95. The van der Waals surface area contributed by atoms with Crippen molar-refractivity contribution >= 4 is 5.96 Å². The van der Waals surface area contributed by atoms with E-state index >= 15 is 0 Å². The third kappa shape index (κ3) is 8.03. The lowest BCUT2D eigenvalue weighted by molar-refractivity contribution is 0.295. The van der Waals surface area contributed by atoms with Crippen LogP contribution < -0.4 is 11.1 Å². The van der Waals surface area contributed by atoms with Crippen molar-refractivity contribution < 1.29 is 0 Å². The van der Waals surface area contributed by atoms with Crippen molar-refractivity contribution in [2.75, 3.05) is 19.6 Å². The second-order valence-corrected chi connectivity index (χ2v) is 5.92. The van der Waals surface area contributed by atoms with Gasteiger partial charge in [0, 0.05) is 13.1 Å². The molecule has 23 heavy (non-hydrogen) atoms. The molecule has 1 rings (SSSR count). The fraction of sp³-hybridized carbons (Fsp3) is 0.632. The molecule has 0 saturated carbocycles. The van der Waals surface area contributed by atoms with E-state index in [0.717, 1.165) is 32.6 Å². The summed E-state index contributed by atoms with van der Waals surface area (Å²) in [6.45, 7) is 11.3. The molecule has 3 N–H and O–H groups in total. The van der Waals surface area contributed by atoms with Crippen molar-refractivity contribution in [1.29, 1.82) is 0 Å². The number of nitrogens with one attached hydrogen (secondary N) is 1. The summed E-state index contributed by atoms with van der Waals surface area (Å²) in [5.74, 6) is 0.555. The average Bonchev–Trinajstić information content (AvgIpc) is 2.58. The molecule has 0 amide bonds. The maximum absolute atomic E-state index is 5.97. The van der Waals surface area contributed by atoms with E-state index in [1.54, 1.807) is 0 Å². The van der Waals surface area contributed by atoms with E-state index in [1.807, 2.05) is 0 Å². The lowest BCUT2D eigenvalue weighted by atomic mass is 10.1. The van der Waals surface area contributed by atoms with Crippen LogP contribution in [-0.2, 0) is 13.1 Å². The molecule has 0 aliphatic carbocycles. The molecule has 0 saturated heterocycles. The Morgan fingerprint density at radius 1 is 1.04 bits per heavy atom. The van der Waals surface area contributed by atoms with Crippen LogP contribution in [0.15, 0.2) is 29.3 Å². The van der Waals surface area contributed by atoms with Gasteiger partial charge in [-0.2, -0.15) is 0 Å². The average molecular weight is 319 g/mol. The molecule has 130 valence electrons. The maximum atomic E-state index is 5.97. The Hall–Kier alpha value is -1.55. The first kappa shape index (κ1) is 19.5. The first-order valence-electron chi connectivity index (χ1n) is 9.04. The summed E-state index contributed by atoms with van der Waals surface area (Å²) in [5.41, 5.74) is 8.57. The van der Waals surface area contributed by atoms with Crippen LogP contribution in [0.4, 0.5) is 0 Å². The highest BCUT2D eigenvalue weighted by atomic mass is 15.1. The number of unbranched alkanes of at least 4 members (excludes halogenated alkanes) is 3. The number of hydrogen-bond donors (Lipinski definition) is 2. The van der Waals surface area contributed by atoms with E-state index in [9.17, 15) is 0 Å². The predicted octanol–water partition coefficient (Wildman–Crippen LogP) is 3.51. The molecule has 0 heterocycles. The Morgan fingerprint density at radius 3 is 2.39 bits per heavy atom. The maximum Gasteiger partial charge on any atom is 0.188 e. The van der Waals surface area contributed by atoms with E-state index in [0.29, 0.717) is 12.5 Å². The molecule has 0 bridgehead atoms. The number of benzene rings is 1. The lowest BCUT2D eigenvalue weighted by Crippen LogP contribution is -2.32. The van der Waals surface area contributed by atoms with Gasteiger partial charge in [-0.25, -0.2) is 4.99 Å². The van der Waals surface area contributed by atoms with Gasteiger partial charge in [0.15, 0.2) is 5.96 Å². The molecule has 4 heteroatoms. The molecule has 0 fully saturated rings. The van der Waals surface area contributed by atoms with Gasteiger partial charge in [0.1, 0.15) is 0 Å². The van der Waals surface area contributed by atoms with E-state index in [-0.39, 0.29) is 0 Å². The Labute approximate surface area is 142 Å². The molecular weight excluding hydrogens is 284 g/mol. The van der Waals surface area contributed by atoms with Crippen LogP contribution in [0.25, 0.3) is 0 Å². The lowest BCUT2D eigenvalue weighted by Gasteiger charge is -2.19. The number of aliphatic imine (C=N–C) groups is 1. The fourth-order valence-corrected chi connectivity index (χ4v) is 2.55. The van der Waals surface area contributed by atoms with E-state index in [1.165, 1.54) is 30.4 Å². The van der Waals surface area contributed by atoms with Gasteiger partial charge in [-0.3, -0.25) is 4.90 Å². The summed E-state index contributed by atoms with van der Waals surface area (Å²) < 4.78 is 0. The molecule has 0 unspecified atom stereocenters. The van der Waals surface area contributed by atoms with Crippen molar-refractivity contribution in [2.45, 2.75) is 59.5 Å². The number of guanidine groups is 1. The second kappa shape index (κ2) is 11.9. The van der Waals surface area contributed by atoms with Gasteiger partial charge in [0.2, 0.25) is 0 Å². The van der Waals surface area contributed by atoms with Gasteiger partial charge in [-0.15, -0.1) is 0 Å². The van der Waals surface area contributed by atoms with E-state index in [2.05, 4.69) is 60.2 Å². The molecule has 4 nitrogen and oxygen atoms in total. The zero-order valence-electron chi connectivity index (χ0n) is 15.1. The van der Waals surface area contributed by atoms with E-state index in [4.69, 9.17) is 5.73 Å². The molecule has 0 aliphatic rings. The SMILES string of the molecule is CCCCCCNC(N)=NCc1ccccc1CN(CC)CC. The van der Waals surface area contributed by atoms with Crippen molar-refractivity contribution in [3.05, 3.63) is 35.4 Å². The normalized spacial score (nSPS) is 11.9. The van der Waals surface area contributed by atoms with Crippen LogP contribution in [0.5, 0.6) is 0 Å². The monoisotopic (exact) mass is 318 g/mol. The minimum absolute atomic E-state index is 0.555. The van der Waals surface area contributed by atoms with Crippen LogP contribution >= 0.6 is 0 Å². The Bertz CT molecular complexity index is 452. The van der Waals surface area contributed by atoms with Gasteiger partial charge < -0.3 is 11.1 Å². The Kier molecular flexibility index (Phi) is 10.1. The predicted molar refractivity (Wildman–Crippen MR) is 101 cm³/mol. The van der Waals surface area contributed by atoms with Gasteiger partial charge in [0.05, 0.1) is 6.54 Å². The summed E-state index contributed by atoms with van der Waals surface area (Å²) in [7, 11) is 0. The molecule has 0 spiro atoms. The number of nitrogens with zero attached hydrogens (tertiary/aromatic N) is 2. The third-order valence-corrected chi connectivity index (χ3v) is 4.16.